The predicted octanol–water partition coefficient (Wildman–Crippen LogP) is 3.52. The summed E-state index contributed by atoms with van der Waals surface area (Å²) < 4.78 is 43.9. The highest BCUT2D eigenvalue weighted by atomic mass is 19.4. The summed E-state index contributed by atoms with van der Waals surface area (Å²) in [5.41, 5.74) is 4.85. The van der Waals surface area contributed by atoms with Crippen molar-refractivity contribution in [2.45, 2.75) is 25.4 Å². The molecule has 1 aliphatic carbocycles. The third kappa shape index (κ3) is 4.59. The van der Waals surface area contributed by atoms with Crippen LogP contribution >= 0.6 is 0 Å². The zero-order valence-electron chi connectivity index (χ0n) is 11.2. The quantitative estimate of drug-likeness (QED) is 0.596. The van der Waals surface area contributed by atoms with Crippen LogP contribution < -0.4 is 11.1 Å². The van der Waals surface area contributed by atoms with Gasteiger partial charge in [0.05, 0.1) is 5.56 Å². The molecule has 1 aliphatic rings. The Morgan fingerprint density at radius 3 is 2.70 bits per heavy atom. The molecule has 0 atom stereocenters. The first-order valence-electron chi connectivity index (χ1n) is 6.75. The van der Waals surface area contributed by atoms with Crippen LogP contribution in [-0.4, -0.2) is 19.8 Å². The number of rotatable bonds is 7. The molecule has 20 heavy (non-hydrogen) atoms. The minimum absolute atomic E-state index is 0.0638. The van der Waals surface area contributed by atoms with Gasteiger partial charge in [-0.25, -0.2) is 0 Å². The lowest BCUT2D eigenvalue weighted by atomic mass is 10.1. The largest absolute Gasteiger partial charge is 0.418 e. The van der Waals surface area contributed by atoms with Crippen molar-refractivity contribution in [2.75, 3.05) is 30.8 Å². The van der Waals surface area contributed by atoms with Crippen molar-refractivity contribution in [2.24, 2.45) is 5.92 Å². The van der Waals surface area contributed by atoms with E-state index < -0.39 is 11.7 Å². The van der Waals surface area contributed by atoms with Gasteiger partial charge in [-0.05, 0) is 43.4 Å². The number of nitrogens with one attached hydrogen (secondary N) is 1. The van der Waals surface area contributed by atoms with Gasteiger partial charge in [0.1, 0.15) is 0 Å². The Morgan fingerprint density at radius 2 is 2.05 bits per heavy atom. The van der Waals surface area contributed by atoms with E-state index in [0.717, 1.165) is 12.7 Å². The van der Waals surface area contributed by atoms with Crippen LogP contribution in [-0.2, 0) is 10.9 Å². The molecule has 2 rings (SSSR count). The van der Waals surface area contributed by atoms with Crippen LogP contribution in [0.5, 0.6) is 0 Å². The minimum Gasteiger partial charge on any atom is -0.399 e. The van der Waals surface area contributed by atoms with Gasteiger partial charge >= 0.3 is 6.18 Å². The van der Waals surface area contributed by atoms with Crippen LogP contribution in [0.25, 0.3) is 0 Å². The highest BCUT2D eigenvalue weighted by molar-refractivity contribution is 5.59. The fourth-order valence-corrected chi connectivity index (χ4v) is 1.88. The molecule has 3 nitrogen and oxygen atoms in total. The Balaban J connectivity index is 1.79. The maximum Gasteiger partial charge on any atom is 0.418 e. The molecule has 0 unspecified atom stereocenters. The lowest BCUT2D eigenvalue weighted by molar-refractivity contribution is -0.136. The van der Waals surface area contributed by atoms with Gasteiger partial charge in [0.25, 0.3) is 0 Å². The fourth-order valence-electron chi connectivity index (χ4n) is 1.88. The molecule has 0 aliphatic heterocycles. The first-order valence-corrected chi connectivity index (χ1v) is 6.75. The van der Waals surface area contributed by atoms with Crippen molar-refractivity contribution in [3.63, 3.8) is 0 Å². The summed E-state index contributed by atoms with van der Waals surface area (Å²) in [5, 5.41) is 2.80. The lowest BCUT2D eigenvalue weighted by Crippen LogP contribution is -2.13. The molecule has 1 aromatic rings. The van der Waals surface area contributed by atoms with E-state index in [4.69, 9.17) is 10.5 Å². The Kier molecular flexibility index (Phi) is 4.75. The summed E-state index contributed by atoms with van der Waals surface area (Å²) in [4.78, 5) is 0. The van der Waals surface area contributed by atoms with Crippen LogP contribution in [0, 0.1) is 5.92 Å². The van der Waals surface area contributed by atoms with E-state index >= 15 is 0 Å². The van der Waals surface area contributed by atoms with Gasteiger partial charge in [-0.2, -0.15) is 13.2 Å². The van der Waals surface area contributed by atoms with Crippen molar-refractivity contribution in [3.05, 3.63) is 23.8 Å². The number of alkyl halides is 3. The zero-order valence-corrected chi connectivity index (χ0v) is 11.2. The zero-order chi connectivity index (χ0) is 14.6. The molecule has 112 valence electrons. The molecule has 3 N–H and O–H groups in total. The molecule has 0 aromatic heterocycles. The van der Waals surface area contributed by atoms with Gasteiger partial charge < -0.3 is 15.8 Å². The topological polar surface area (TPSA) is 47.3 Å². The van der Waals surface area contributed by atoms with E-state index in [9.17, 15) is 13.2 Å². The Morgan fingerprint density at radius 1 is 1.30 bits per heavy atom. The highest BCUT2D eigenvalue weighted by Crippen LogP contribution is 2.36. The molecule has 1 aromatic carbocycles. The van der Waals surface area contributed by atoms with E-state index in [2.05, 4.69) is 5.32 Å². The second kappa shape index (κ2) is 6.35. The molecule has 0 amide bonds. The molecule has 6 heteroatoms. The van der Waals surface area contributed by atoms with Gasteiger partial charge in [0.15, 0.2) is 0 Å². The van der Waals surface area contributed by atoms with E-state index in [-0.39, 0.29) is 11.4 Å². The van der Waals surface area contributed by atoms with Crippen LogP contribution in [0.2, 0.25) is 0 Å². The molecule has 0 radical (unpaired) electrons. The molecule has 0 bridgehead atoms. The van der Waals surface area contributed by atoms with E-state index in [1.54, 1.807) is 0 Å². The number of ether oxygens (including phenoxy) is 1. The second-order valence-electron chi connectivity index (χ2n) is 5.10. The molecular formula is C14H19F3N2O. The van der Waals surface area contributed by atoms with Gasteiger partial charge in [-0.3, -0.25) is 0 Å². The van der Waals surface area contributed by atoms with E-state index in [1.807, 2.05) is 0 Å². The smallest absolute Gasteiger partial charge is 0.399 e. The van der Waals surface area contributed by atoms with Crippen molar-refractivity contribution < 1.29 is 17.9 Å². The number of hydrogen-bond donors (Lipinski definition) is 2. The SMILES string of the molecule is Nc1ccc(NCCCOCC2CC2)c(C(F)(F)F)c1. The number of nitrogens with two attached hydrogens (primary N) is 1. The monoisotopic (exact) mass is 288 g/mol. The maximum absolute atomic E-state index is 12.8. The first kappa shape index (κ1) is 15.0. The summed E-state index contributed by atoms with van der Waals surface area (Å²) in [6.45, 7) is 1.78. The number of hydrogen-bond acceptors (Lipinski definition) is 3. The standard InChI is InChI=1S/C14H19F3N2O/c15-14(16,17)12-8-11(18)4-5-13(12)19-6-1-7-20-9-10-2-3-10/h4-5,8,10,19H,1-3,6-7,9,18H2. The summed E-state index contributed by atoms with van der Waals surface area (Å²) >= 11 is 0. The van der Waals surface area contributed by atoms with Crippen LogP contribution in [0.15, 0.2) is 18.2 Å². The summed E-state index contributed by atoms with van der Waals surface area (Å²) in [6.07, 6.45) is -1.26. The minimum atomic E-state index is -4.40. The first-order chi connectivity index (χ1) is 9.47. The second-order valence-corrected chi connectivity index (χ2v) is 5.10. The maximum atomic E-state index is 12.8. The molecule has 1 saturated carbocycles. The molecule has 0 saturated heterocycles. The van der Waals surface area contributed by atoms with Crippen LogP contribution in [0.4, 0.5) is 24.5 Å². The average Bonchev–Trinajstić information content (AvgIpc) is 3.18. The van der Waals surface area contributed by atoms with Gasteiger partial charge in [0, 0.05) is 31.1 Å². The lowest BCUT2D eigenvalue weighted by Gasteiger charge is -2.15. The number of halogens is 3. The summed E-state index contributed by atoms with van der Waals surface area (Å²) in [7, 11) is 0. The van der Waals surface area contributed by atoms with Crippen LogP contribution in [0.1, 0.15) is 24.8 Å². The van der Waals surface area contributed by atoms with Crippen molar-refractivity contribution in [1.82, 2.24) is 0 Å². The van der Waals surface area contributed by atoms with Gasteiger partial charge in [-0.1, -0.05) is 0 Å². The van der Waals surface area contributed by atoms with Crippen molar-refractivity contribution >= 4 is 11.4 Å². The van der Waals surface area contributed by atoms with E-state index in [0.29, 0.717) is 25.5 Å². The third-order valence-corrected chi connectivity index (χ3v) is 3.18. The predicted molar refractivity (Wildman–Crippen MR) is 72.5 cm³/mol. The molecular weight excluding hydrogens is 269 g/mol. The Bertz CT molecular complexity index is 445. The molecule has 1 fully saturated rings. The Hall–Kier alpha value is -1.43. The van der Waals surface area contributed by atoms with Crippen molar-refractivity contribution in [3.8, 4) is 0 Å². The number of nitrogen functional groups attached to an aromatic ring is 1. The van der Waals surface area contributed by atoms with Crippen LogP contribution in [0.3, 0.4) is 0 Å². The number of anilines is 2. The number of benzene rings is 1. The van der Waals surface area contributed by atoms with E-state index in [1.165, 1.54) is 25.0 Å². The normalized spacial score (nSPS) is 15.3. The Labute approximate surface area is 116 Å². The molecule has 0 heterocycles. The van der Waals surface area contributed by atoms with Gasteiger partial charge in [0.2, 0.25) is 0 Å². The highest BCUT2D eigenvalue weighted by Gasteiger charge is 2.33. The fraction of sp³-hybridized carbons (Fsp3) is 0.571. The third-order valence-electron chi connectivity index (χ3n) is 3.18. The average molecular weight is 288 g/mol. The molecule has 0 spiro atoms. The summed E-state index contributed by atoms with van der Waals surface area (Å²) in [6, 6.07) is 3.77. The van der Waals surface area contributed by atoms with Gasteiger partial charge in [-0.15, -0.1) is 0 Å². The summed E-state index contributed by atoms with van der Waals surface area (Å²) in [5.74, 6) is 0.705. The van der Waals surface area contributed by atoms with Crippen molar-refractivity contribution in [1.29, 1.82) is 0 Å².